The zero-order valence-corrected chi connectivity index (χ0v) is 32.8. The standard InChI is InChI=1S/C44H85NO4/c1-3-5-7-9-11-13-15-17-19-21-23-24-26-28-30-32-34-36-38-42(47)41(40-46)45-44(49)43(48)39-37-35-33-31-29-27-25-22-20-18-16-14-12-10-8-6-4-2/h28,30,36,38,41-43,46-48H,3-27,29,31-35,37,39-40H2,1-2H3,(H,45,49)/b30-28+,38-36+. The van der Waals surface area contributed by atoms with Crippen molar-refractivity contribution in [1.82, 2.24) is 5.32 Å². The Balaban J connectivity index is 3.71. The average Bonchev–Trinajstić information content (AvgIpc) is 3.11. The lowest BCUT2D eigenvalue weighted by Crippen LogP contribution is -2.48. The van der Waals surface area contributed by atoms with Crippen LogP contribution in [-0.2, 0) is 4.79 Å². The van der Waals surface area contributed by atoms with Crippen LogP contribution in [0.3, 0.4) is 0 Å². The monoisotopic (exact) mass is 692 g/mol. The Morgan fingerprint density at radius 2 is 0.837 bits per heavy atom. The normalized spacial score (nSPS) is 13.8. The Labute approximate surface area is 305 Å². The highest BCUT2D eigenvalue weighted by atomic mass is 16.3. The molecule has 0 aliphatic carbocycles. The quantitative estimate of drug-likeness (QED) is 0.0381. The molecule has 0 saturated carbocycles. The Kier molecular flexibility index (Phi) is 38.7. The SMILES string of the molecule is CCCCCCCCCCCCCC/C=C/CC/C=C/C(O)C(CO)NC(=O)C(O)CCCCCCCCCCCCCCCCCCC. The van der Waals surface area contributed by atoms with Crippen molar-refractivity contribution < 1.29 is 20.1 Å². The summed E-state index contributed by atoms with van der Waals surface area (Å²) in [4.78, 5) is 12.4. The number of carbonyl (C=O) groups excluding carboxylic acids is 1. The van der Waals surface area contributed by atoms with Gasteiger partial charge in [0.25, 0.3) is 0 Å². The summed E-state index contributed by atoms with van der Waals surface area (Å²) in [6.45, 7) is 4.18. The van der Waals surface area contributed by atoms with E-state index in [9.17, 15) is 20.1 Å². The molecule has 4 N–H and O–H groups in total. The lowest BCUT2D eigenvalue weighted by molar-refractivity contribution is -0.131. The molecule has 0 aliphatic heterocycles. The maximum Gasteiger partial charge on any atom is 0.249 e. The van der Waals surface area contributed by atoms with Crippen molar-refractivity contribution in [3.05, 3.63) is 24.3 Å². The fourth-order valence-corrected chi connectivity index (χ4v) is 6.61. The number of unbranched alkanes of at least 4 members (excludes halogenated alkanes) is 29. The maximum absolute atomic E-state index is 12.4. The molecule has 290 valence electrons. The molecule has 0 saturated heterocycles. The molecular formula is C44H85NO4. The van der Waals surface area contributed by atoms with Gasteiger partial charge in [0.15, 0.2) is 0 Å². The Morgan fingerprint density at radius 1 is 0.490 bits per heavy atom. The zero-order chi connectivity index (χ0) is 35.9. The topological polar surface area (TPSA) is 89.8 Å². The first kappa shape index (κ1) is 47.8. The molecule has 3 unspecified atom stereocenters. The number of allylic oxidation sites excluding steroid dienone is 3. The molecule has 0 heterocycles. The van der Waals surface area contributed by atoms with Gasteiger partial charge in [-0.3, -0.25) is 4.79 Å². The smallest absolute Gasteiger partial charge is 0.249 e. The van der Waals surface area contributed by atoms with Gasteiger partial charge in [-0.15, -0.1) is 0 Å². The molecule has 0 aromatic carbocycles. The lowest BCUT2D eigenvalue weighted by atomic mass is 10.0. The summed E-state index contributed by atoms with van der Waals surface area (Å²) >= 11 is 0. The van der Waals surface area contributed by atoms with Gasteiger partial charge in [0.1, 0.15) is 6.10 Å². The highest BCUT2D eigenvalue weighted by Gasteiger charge is 2.22. The van der Waals surface area contributed by atoms with E-state index >= 15 is 0 Å². The lowest BCUT2D eigenvalue weighted by Gasteiger charge is -2.21. The van der Waals surface area contributed by atoms with Crippen molar-refractivity contribution in [2.75, 3.05) is 6.61 Å². The third-order valence-electron chi connectivity index (χ3n) is 10.0. The molecule has 5 heteroatoms. The molecule has 0 radical (unpaired) electrons. The van der Waals surface area contributed by atoms with Gasteiger partial charge >= 0.3 is 0 Å². The van der Waals surface area contributed by atoms with Crippen LogP contribution < -0.4 is 5.32 Å². The van der Waals surface area contributed by atoms with Crippen LogP contribution >= 0.6 is 0 Å². The van der Waals surface area contributed by atoms with Crippen LogP contribution in [0.5, 0.6) is 0 Å². The number of amides is 1. The van der Waals surface area contributed by atoms with Crippen LogP contribution in [0.4, 0.5) is 0 Å². The molecule has 49 heavy (non-hydrogen) atoms. The number of nitrogens with one attached hydrogen (secondary N) is 1. The number of aliphatic hydroxyl groups excluding tert-OH is 3. The zero-order valence-electron chi connectivity index (χ0n) is 32.8. The number of carbonyl (C=O) groups is 1. The highest BCUT2D eigenvalue weighted by molar-refractivity contribution is 5.80. The van der Waals surface area contributed by atoms with Gasteiger partial charge in [0.2, 0.25) is 5.91 Å². The first-order valence-corrected chi connectivity index (χ1v) is 21.7. The minimum atomic E-state index is -1.10. The summed E-state index contributed by atoms with van der Waals surface area (Å²) in [6.07, 6.45) is 47.8. The minimum Gasteiger partial charge on any atom is -0.394 e. The number of aliphatic hydroxyl groups is 3. The summed E-state index contributed by atoms with van der Waals surface area (Å²) in [5.41, 5.74) is 0. The molecule has 0 aromatic rings. The van der Waals surface area contributed by atoms with Crippen LogP contribution in [0.25, 0.3) is 0 Å². The second-order valence-corrected chi connectivity index (χ2v) is 14.9. The predicted octanol–water partition coefficient (Wildman–Crippen LogP) is 12.2. The van der Waals surface area contributed by atoms with Gasteiger partial charge in [-0.2, -0.15) is 0 Å². The molecule has 0 fully saturated rings. The van der Waals surface area contributed by atoms with Crippen molar-refractivity contribution in [3.63, 3.8) is 0 Å². The fraction of sp³-hybridized carbons (Fsp3) is 0.886. The van der Waals surface area contributed by atoms with Crippen molar-refractivity contribution >= 4 is 5.91 Å². The summed E-state index contributed by atoms with van der Waals surface area (Å²) in [6, 6.07) is -0.810. The Hall–Kier alpha value is -1.17. The molecule has 0 spiro atoms. The number of rotatable bonds is 39. The fourth-order valence-electron chi connectivity index (χ4n) is 6.61. The first-order valence-electron chi connectivity index (χ1n) is 21.7. The van der Waals surface area contributed by atoms with Gasteiger partial charge in [0, 0.05) is 0 Å². The largest absolute Gasteiger partial charge is 0.394 e. The van der Waals surface area contributed by atoms with Crippen LogP contribution in [0.15, 0.2) is 24.3 Å². The Morgan fingerprint density at radius 3 is 1.24 bits per heavy atom. The number of hydrogen-bond donors (Lipinski definition) is 4. The van der Waals surface area contributed by atoms with E-state index in [0.29, 0.717) is 6.42 Å². The molecule has 0 aromatic heterocycles. The summed E-state index contributed by atoms with van der Waals surface area (Å²) in [5, 5.41) is 33.1. The van der Waals surface area contributed by atoms with Gasteiger partial charge in [0.05, 0.1) is 18.8 Å². The van der Waals surface area contributed by atoms with Crippen LogP contribution in [0.1, 0.15) is 226 Å². The van der Waals surface area contributed by atoms with E-state index < -0.39 is 24.2 Å². The minimum absolute atomic E-state index is 0.373. The summed E-state index contributed by atoms with van der Waals surface area (Å²) < 4.78 is 0. The third kappa shape index (κ3) is 35.0. The average molecular weight is 692 g/mol. The van der Waals surface area contributed by atoms with Gasteiger partial charge < -0.3 is 20.6 Å². The molecule has 0 rings (SSSR count). The predicted molar refractivity (Wildman–Crippen MR) is 213 cm³/mol. The molecule has 5 nitrogen and oxygen atoms in total. The molecule has 1 amide bonds. The van der Waals surface area contributed by atoms with Crippen LogP contribution in [0.2, 0.25) is 0 Å². The molecule has 3 atom stereocenters. The van der Waals surface area contributed by atoms with Crippen molar-refractivity contribution in [1.29, 1.82) is 0 Å². The van der Waals surface area contributed by atoms with Crippen LogP contribution in [0, 0.1) is 0 Å². The maximum atomic E-state index is 12.4. The van der Waals surface area contributed by atoms with Crippen molar-refractivity contribution in [2.24, 2.45) is 0 Å². The van der Waals surface area contributed by atoms with E-state index in [1.807, 2.05) is 6.08 Å². The second kappa shape index (κ2) is 39.6. The van der Waals surface area contributed by atoms with E-state index in [4.69, 9.17) is 0 Å². The van der Waals surface area contributed by atoms with E-state index in [-0.39, 0.29) is 6.61 Å². The molecular weight excluding hydrogens is 606 g/mol. The highest BCUT2D eigenvalue weighted by Crippen LogP contribution is 2.16. The first-order chi connectivity index (χ1) is 24.1. The Bertz CT molecular complexity index is 724. The second-order valence-electron chi connectivity index (χ2n) is 14.9. The van der Waals surface area contributed by atoms with Crippen molar-refractivity contribution in [2.45, 2.75) is 244 Å². The number of hydrogen-bond acceptors (Lipinski definition) is 4. The third-order valence-corrected chi connectivity index (χ3v) is 10.0. The van der Waals surface area contributed by atoms with Crippen LogP contribution in [-0.4, -0.2) is 46.1 Å². The molecule has 0 bridgehead atoms. The van der Waals surface area contributed by atoms with E-state index in [1.165, 1.54) is 167 Å². The summed E-state index contributed by atoms with van der Waals surface area (Å²) in [5.74, 6) is -0.510. The summed E-state index contributed by atoms with van der Waals surface area (Å²) in [7, 11) is 0. The van der Waals surface area contributed by atoms with Crippen molar-refractivity contribution in [3.8, 4) is 0 Å². The van der Waals surface area contributed by atoms with E-state index in [1.54, 1.807) is 6.08 Å². The van der Waals surface area contributed by atoms with Gasteiger partial charge in [-0.1, -0.05) is 218 Å². The van der Waals surface area contributed by atoms with E-state index in [2.05, 4.69) is 31.3 Å². The van der Waals surface area contributed by atoms with E-state index in [0.717, 1.165) is 38.5 Å². The van der Waals surface area contributed by atoms with Gasteiger partial charge in [-0.05, 0) is 32.1 Å². The molecule has 0 aliphatic rings. The van der Waals surface area contributed by atoms with Gasteiger partial charge in [-0.25, -0.2) is 0 Å².